The Kier molecular flexibility index (Phi) is 17.1. The average molecular weight is 789 g/mol. The monoisotopic (exact) mass is 790 g/mol. The van der Waals surface area contributed by atoms with Gasteiger partial charge in [-0.15, -0.1) is 25.3 Å². The van der Waals surface area contributed by atoms with Crippen LogP contribution in [0.1, 0.15) is 25.7 Å². The number of anilines is 2. The third kappa shape index (κ3) is 11.3. The summed E-state index contributed by atoms with van der Waals surface area (Å²) in [5.41, 5.74) is 0. The summed E-state index contributed by atoms with van der Waals surface area (Å²) < 4.78 is 18.2. The van der Waals surface area contributed by atoms with Gasteiger partial charge in [-0.3, -0.25) is 9.97 Å². The molecule has 0 unspecified atom stereocenters. The quantitative estimate of drug-likeness (QED) is 0.156. The first-order chi connectivity index (χ1) is 19.6. The topological polar surface area (TPSA) is 105 Å². The number of nitrogens with zero attached hydrogens (tertiary/aromatic N) is 10. The molecule has 4 heterocycles. The van der Waals surface area contributed by atoms with Crippen LogP contribution in [-0.2, 0) is 50.5 Å². The summed E-state index contributed by atoms with van der Waals surface area (Å²) in [5.74, 6) is 1.07. The molecule has 2 aliphatic heterocycles. The number of hydrogen-bond acceptors (Lipinski definition) is 14. The van der Waals surface area contributed by atoms with E-state index in [0.29, 0.717) is 20.3 Å². The molecule has 0 bridgehead atoms. The van der Waals surface area contributed by atoms with Crippen molar-refractivity contribution >= 4 is 128 Å². The molecule has 2 aromatic rings. The summed E-state index contributed by atoms with van der Waals surface area (Å²) in [4.78, 5) is 16.5. The van der Waals surface area contributed by atoms with Gasteiger partial charge in [0.2, 0.25) is 0 Å². The van der Waals surface area contributed by atoms with E-state index < -0.39 is 18.5 Å². The third-order valence-corrected chi connectivity index (χ3v) is 6.68. The molecule has 41 heavy (non-hydrogen) atoms. The summed E-state index contributed by atoms with van der Waals surface area (Å²) in [5, 5.41) is 10.7. The molecule has 0 radical (unpaired) electrons. The zero-order valence-electron chi connectivity index (χ0n) is 21.2. The van der Waals surface area contributed by atoms with Crippen LogP contribution in [0.25, 0.3) is 0 Å². The summed E-state index contributed by atoms with van der Waals surface area (Å²) in [6.07, 6.45) is 13.9. The summed E-state index contributed by atoms with van der Waals surface area (Å²) in [7, 11) is 0. The zero-order valence-corrected chi connectivity index (χ0v) is 29.9. The first-order valence-electron chi connectivity index (χ1n) is 11.7. The van der Waals surface area contributed by atoms with Crippen molar-refractivity contribution in [1.29, 1.82) is 0 Å². The Morgan fingerprint density at radius 1 is 0.707 bits per heavy atom. The van der Waals surface area contributed by atoms with Gasteiger partial charge in [-0.25, -0.2) is 20.0 Å². The van der Waals surface area contributed by atoms with E-state index in [4.69, 9.17) is 80.9 Å². The summed E-state index contributed by atoms with van der Waals surface area (Å²) in [6, 6.07) is 0. The van der Waals surface area contributed by atoms with Gasteiger partial charge in [-0.1, -0.05) is 0 Å². The van der Waals surface area contributed by atoms with Crippen molar-refractivity contribution in [2.75, 3.05) is 36.2 Å². The van der Waals surface area contributed by atoms with Crippen molar-refractivity contribution in [2.24, 2.45) is 0 Å². The number of rotatable bonds is 4. The summed E-state index contributed by atoms with van der Waals surface area (Å²) in [6.45, 7) is 3.54. The van der Waals surface area contributed by atoms with Gasteiger partial charge in [0.25, 0.3) is 0 Å². The van der Waals surface area contributed by atoms with Crippen LogP contribution in [0.4, 0.5) is 11.6 Å². The van der Waals surface area contributed by atoms with Gasteiger partial charge in [-0.05, 0) is 58.8 Å². The predicted octanol–water partition coefficient (Wildman–Crippen LogP) is 2.87. The van der Waals surface area contributed by atoms with Crippen LogP contribution in [0.3, 0.4) is 0 Å². The number of thiol groups is 2. The molecule has 0 N–H and O–H groups in total. The van der Waals surface area contributed by atoms with E-state index in [2.05, 4.69) is 55.2 Å². The molecule has 2 aromatic heterocycles. The Morgan fingerprint density at radius 2 is 1.02 bits per heavy atom. The van der Waals surface area contributed by atoms with Crippen LogP contribution in [0, 0.1) is 0 Å². The fourth-order valence-corrected chi connectivity index (χ4v) is 5.29. The van der Waals surface area contributed by atoms with Crippen LogP contribution in [0.15, 0.2) is 37.2 Å². The second-order valence-corrected chi connectivity index (χ2v) is 12.4. The molecule has 2 aliphatic rings. The number of hydrazine groups is 4. The third-order valence-electron chi connectivity index (χ3n) is 5.30. The molecule has 4 rings (SSSR count). The fourth-order valence-electron chi connectivity index (χ4n) is 3.78. The first-order valence-corrected chi connectivity index (χ1v) is 16.6. The van der Waals surface area contributed by atoms with Gasteiger partial charge in [-0.2, -0.15) is 20.3 Å². The van der Waals surface area contributed by atoms with Gasteiger partial charge < -0.3 is 49.7 Å². The normalized spacial score (nSPS) is 14.3. The van der Waals surface area contributed by atoms with E-state index >= 15 is 0 Å². The molecule has 0 spiro atoms. The van der Waals surface area contributed by atoms with E-state index in [-0.39, 0.29) is 8.64 Å². The molecule has 0 aliphatic carbocycles. The molecule has 0 atom stereocenters. The van der Waals surface area contributed by atoms with Gasteiger partial charge in [0.15, 0.2) is 20.3 Å². The number of thiocarbonyl (C=S) groups is 4. The molecule has 2 fully saturated rings. The maximum atomic E-state index is 8.50. The van der Waals surface area contributed by atoms with E-state index in [9.17, 15) is 0 Å². The molecule has 2 saturated heterocycles. The van der Waals surface area contributed by atoms with Crippen LogP contribution in [0.2, 0.25) is 0 Å². The van der Waals surface area contributed by atoms with Crippen molar-refractivity contribution in [1.82, 2.24) is 40.2 Å². The molecular weight excluding hydrogens is 765 g/mol. The van der Waals surface area contributed by atoms with Crippen molar-refractivity contribution in [3.63, 3.8) is 0 Å². The second kappa shape index (κ2) is 19.4. The van der Waals surface area contributed by atoms with Gasteiger partial charge in [0.1, 0.15) is 0 Å². The molecule has 0 aromatic carbocycles. The summed E-state index contributed by atoms with van der Waals surface area (Å²) >= 11 is 37.5. The maximum absolute atomic E-state index is 8.50. The molecule has 12 nitrogen and oxygen atoms in total. The van der Waals surface area contributed by atoms with Crippen molar-refractivity contribution < 1.29 is 25.3 Å². The number of aromatic nitrogens is 4. The van der Waals surface area contributed by atoms with Crippen LogP contribution >= 0.6 is 74.1 Å². The zero-order chi connectivity index (χ0) is 30.4. The van der Waals surface area contributed by atoms with Gasteiger partial charge >= 0.3 is 25.3 Å². The van der Waals surface area contributed by atoms with E-state index in [1.165, 1.54) is 0 Å². The Morgan fingerprint density at radius 3 is 1.24 bits per heavy atom. The minimum atomic E-state index is -2.03. The fraction of sp³-hybridized carbons (Fsp3) is 0.400. The Hall–Kier alpha value is -0.932. The van der Waals surface area contributed by atoms with E-state index in [1.807, 2.05) is 0 Å². The van der Waals surface area contributed by atoms with Crippen molar-refractivity contribution in [3.8, 4) is 0 Å². The standard InChI is InChI=1S/2C10H13N5S4.Mo.2O/c2*16-9(17)14(8-7-11-3-4-12-8)15(10(18)19)13-5-1-2-6-13;;;/h2*3-4,7H,1-2,5-6H2,(H,16,17)(H,18,19);;;/q;;+2;;/p-2. The van der Waals surface area contributed by atoms with Gasteiger partial charge in [0, 0.05) is 51.0 Å². The van der Waals surface area contributed by atoms with E-state index in [0.717, 1.165) is 51.9 Å². The predicted molar refractivity (Wildman–Crippen MR) is 179 cm³/mol. The number of hydrogen-bond donors (Lipinski definition) is 2. The molecule has 0 saturated carbocycles. The van der Waals surface area contributed by atoms with Crippen LogP contribution < -0.4 is 10.0 Å². The van der Waals surface area contributed by atoms with Crippen molar-refractivity contribution in [3.05, 3.63) is 37.2 Å². The SMILES string of the molecule is S=C([S-])N(c1cnccn1)N(C(=S)S)N1CCCC1.S=C([S-])N(c1cnccn1)N(C(=S)S)N1CCCC1.[O]=[Mo+2]=[O]. The van der Waals surface area contributed by atoms with Crippen molar-refractivity contribution in [2.45, 2.75) is 25.7 Å². The molecule has 21 heteroatoms. The van der Waals surface area contributed by atoms with Crippen LogP contribution in [-0.4, -0.2) is 83.7 Å². The van der Waals surface area contributed by atoms with E-state index in [1.54, 1.807) is 57.4 Å². The first kappa shape index (κ1) is 36.3. The van der Waals surface area contributed by atoms with Gasteiger partial charge in [0.05, 0.1) is 12.4 Å². The second-order valence-electron chi connectivity index (χ2n) is 7.82. The average Bonchev–Trinajstić information content (AvgIpc) is 3.66. The molecule has 220 valence electrons. The Labute approximate surface area is 290 Å². The Balaban J connectivity index is 0.000000262. The molecule has 0 amide bonds. The Bertz CT molecular complexity index is 1120. The minimum absolute atomic E-state index is 0.226. The molecular formula is C20H24MoN10O2S8. The van der Waals surface area contributed by atoms with Crippen LogP contribution in [0.5, 0.6) is 0 Å².